The van der Waals surface area contributed by atoms with E-state index in [1.165, 1.54) is 5.01 Å². The van der Waals surface area contributed by atoms with Gasteiger partial charge in [0.25, 0.3) is 11.8 Å². The van der Waals surface area contributed by atoms with Gasteiger partial charge in [-0.25, -0.2) is 5.01 Å². The van der Waals surface area contributed by atoms with Crippen molar-refractivity contribution >= 4 is 23.6 Å². The monoisotopic (exact) mass is 322 g/mol. The zero-order valence-corrected chi connectivity index (χ0v) is 13.5. The molecule has 122 valence electrons. The second-order valence-electron chi connectivity index (χ2n) is 5.71. The fourth-order valence-corrected chi connectivity index (χ4v) is 2.43. The molecule has 0 aliphatic carbocycles. The summed E-state index contributed by atoms with van der Waals surface area (Å²) < 4.78 is 5.64. The Bertz CT molecular complexity index is 797. The topological polar surface area (TPSA) is 58.6 Å². The summed E-state index contributed by atoms with van der Waals surface area (Å²) in [4.78, 5) is 24.7. The number of anilines is 1. The maximum atomic E-state index is 12.5. The van der Waals surface area contributed by atoms with Crippen LogP contribution >= 0.6 is 0 Å². The summed E-state index contributed by atoms with van der Waals surface area (Å²) in [7, 11) is 0. The first-order valence-electron chi connectivity index (χ1n) is 7.73. The normalized spacial score (nSPS) is 16.0. The number of benzene rings is 2. The zero-order chi connectivity index (χ0) is 17.1. The average Bonchev–Trinajstić information content (AvgIpc) is 2.84. The van der Waals surface area contributed by atoms with Crippen LogP contribution in [0.2, 0.25) is 0 Å². The Balaban J connectivity index is 1.88. The van der Waals surface area contributed by atoms with Crippen LogP contribution in [0, 0.1) is 0 Å². The van der Waals surface area contributed by atoms with E-state index in [4.69, 9.17) is 4.74 Å². The molecule has 1 saturated heterocycles. The summed E-state index contributed by atoms with van der Waals surface area (Å²) in [5, 5.41) is 1.25. The van der Waals surface area contributed by atoms with E-state index in [9.17, 15) is 9.59 Å². The summed E-state index contributed by atoms with van der Waals surface area (Å²) >= 11 is 0. The number of carbonyl (C=O) groups is 2. The van der Waals surface area contributed by atoms with Crippen molar-refractivity contribution in [3.63, 3.8) is 0 Å². The second kappa shape index (κ2) is 6.58. The fourth-order valence-electron chi connectivity index (χ4n) is 2.43. The molecule has 0 aromatic heterocycles. The van der Waals surface area contributed by atoms with E-state index in [-0.39, 0.29) is 17.6 Å². The number of amides is 2. The summed E-state index contributed by atoms with van der Waals surface area (Å²) in [5.41, 5.74) is 4.04. The van der Waals surface area contributed by atoms with Crippen molar-refractivity contribution in [3.8, 4) is 5.75 Å². The molecule has 2 aromatic carbocycles. The van der Waals surface area contributed by atoms with Gasteiger partial charge in [-0.3, -0.25) is 15.0 Å². The van der Waals surface area contributed by atoms with Crippen LogP contribution in [-0.2, 0) is 9.59 Å². The average molecular weight is 322 g/mol. The number of carbonyl (C=O) groups excluding carboxylic acids is 2. The number of nitrogens with zero attached hydrogens (tertiary/aromatic N) is 1. The molecule has 0 saturated carbocycles. The van der Waals surface area contributed by atoms with Gasteiger partial charge in [-0.05, 0) is 49.8 Å². The Kier molecular flexibility index (Phi) is 4.33. The van der Waals surface area contributed by atoms with Crippen LogP contribution < -0.4 is 15.2 Å². The second-order valence-corrected chi connectivity index (χ2v) is 5.71. The van der Waals surface area contributed by atoms with Crippen molar-refractivity contribution in [2.24, 2.45) is 0 Å². The molecule has 24 heavy (non-hydrogen) atoms. The number of para-hydroxylation sites is 1. The molecule has 0 bridgehead atoms. The Hall–Kier alpha value is -3.08. The number of hydrogen-bond acceptors (Lipinski definition) is 3. The molecule has 1 aliphatic heterocycles. The van der Waals surface area contributed by atoms with Gasteiger partial charge in [0.1, 0.15) is 11.3 Å². The minimum absolute atomic E-state index is 0.0536. The zero-order valence-electron chi connectivity index (χ0n) is 13.5. The molecule has 2 amide bonds. The van der Waals surface area contributed by atoms with E-state index >= 15 is 0 Å². The Labute approximate surface area is 140 Å². The maximum absolute atomic E-state index is 12.5. The van der Waals surface area contributed by atoms with Gasteiger partial charge in [0.05, 0.1) is 11.8 Å². The van der Waals surface area contributed by atoms with Crippen LogP contribution in [0.25, 0.3) is 6.08 Å². The molecule has 0 unspecified atom stereocenters. The van der Waals surface area contributed by atoms with Crippen LogP contribution in [0.3, 0.4) is 0 Å². The maximum Gasteiger partial charge on any atom is 0.282 e. The number of nitrogens with one attached hydrogen (secondary N) is 1. The van der Waals surface area contributed by atoms with Crippen molar-refractivity contribution in [1.82, 2.24) is 5.43 Å². The molecule has 1 fully saturated rings. The number of hydrogen-bond donors (Lipinski definition) is 1. The highest BCUT2D eigenvalue weighted by molar-refractivity contribution is 6.31. The molecule has 2 aromatic rings. The van der Waals surface area contributed by atoms with Crippen molar-refractivity contribution in [2.45, 2.75) is 20.0 Å². The standard InChI is InChI=1S/C19H18N2O3/c1-13(2)24-16-10-6-7-14(11-16)12-17-18(22)20-21(19(17)23)15-8-4-3-5-9-15/h3-13H,1-2H3,(H,20,22)/b17-12-. The van der Waals surface area contributed by atoms with Gasteiger partial charge in [-0.2, -0.15) is 0 Å². The highest BCUT2D eigenvalue weighted by Gasteiger charge is 2.34. The Morgan fingerprint density at radius 3 is 2.50 bits per heavy atom. The number of ether oxygens (including phenoxy) is 1. The smallest absolute Gasteiger partial charge is 0.282 e. The lowest BCUT2D eigenvalue weighted by molar-refractivity contribution is -0.117. The SMILES string of the molecule is CC(C)Oc1cccc(/C=C2/C(=O)NN(c3ccccc3)C2=O)c1. The van der Waals surface area contributed by atoms with E-state index in [1.54, 1.807) is 24.3 Å². The first-order chi connectivity index (χ1) is 11.5. The lowest BCUT2D eigenvalue weighted by Crippen LogP contribution is -2.35. The van der Waals surface area contributed by atoms with Gasteiger partial charge in [-0.15, -0.1) is 0 Å². The van der Waals surface area contributed by atoms with E-state index in [0.717, 1.165) is 5.56 Å². The molecule has 0 radical (unpaired) electrons. The molecule has 5 heteroatoms. The van der Waals surface area contributed by atoms with Gasteiger partial charge in [0.2, 0.25) is 0 Å². The van der Waals surface area contributed by atoms with Crippen molar-refractivity contribution in [1.29, 1.82) is 0 Å². The number of hydrazine groups is 1. The summed E-state index contributed by atoms with van der Waals surface area (Å²) in [6.07, 6.45) is 1.63. The molecule has 0 atom stereocenters. The largest absolute Gasteiger partial charge is 0.491 e. The highest BCUT2D eigenvalue weighted by Crippen LogP contribution is 2.22. The molecule has 3 rings (SSSR count). The Morgan fingerprint density at radius 2 is 1.79 bits per heavy atom. The third-order valence-electron chi connectivity index (χ3n) is 3.45. The molecular weight excluding hydrogens is 304 g/mol. The van der Waals surface area contributed by atoms with Crippen LogP contribution in [-0.4, -0.2) is 17.9 Å². The van der Waals surface area contributed by atoms with Crippen molar-refractivity contribution < 1.29 is 14.3 Å². The molecule has 1 heterocycles. The first kappa shape index (κ1) is 15.8. The highest BCUT2D eigenvalue weighted by atomic mass is 16.5. The van der Waals surface area contributed by atoms with Crippen molar-refractivity contribution in [3.05, 3.63) is 65.7 Å². The predicted octanol–water partition coefficient (Wildman–Crippen LogP) is 2.94. The minimum Gasteiger partial charge on any atom is -0.491 e. The van der Waals surface area contributed by atoms with Crippen LogP contribution in [0.1, 0.15) is 19.4 Å². The molecular formula is C19H18N2O3. The van der Waals surface area contributed by atoms with E-state index < -0.39 is 5.91 Å². The quantitative estimate of drug-likeness (QED) is 0.695. The molecule has 1 N–H and O–H groups in total. The van der Waals surface area contributed by atoms with Crippen LogP contribution in [0.4, 0.5) is 5.69 Å². The third-order valence-corrected chi connectivity index (χ3v) is 3.45. The van der Waals surface area contributed by atoms with Gasteiger partial charge in [0, 0.05) is 0 Å². The lowest BCUT2D eigenvalue weighted by atomic mass is 10.1. The third kappa shape index (κ3) is 3.30. The van der Waals surface area contributed by atoms with Gasteiger partial charge < -0.3 is 4.74 Å². The van der Waals surface area contributed by atoms with Crippen LogP contribution in [0.15, 0.2) is 60.2 Å². The summed E-state index contributed by atoms with van der Waals surface area (Å²) in [5.74, 6) is -0.0921. The Morgan fingerprint density at radius 1 is 1.04 bits per heavy atom. The summed E-state index contributed by atoms with van der Waals surface area (Å²) in [6, 6.07) is 16.3. The molecule has 1 aliphatic rings. The van der Waals surface area contributed by atoms with Crippen molar-refractivity contribution in [2.75, 3.05) is 5.01 Å². The lowest BCUT2D eigenvalue weighted by Gasteiger charge is -2.13. The number of rotatable bonds is 4. The fraction of sp³-hybridized carbons (Fsp3) is 0.158. The summed E-state index contributed by atoms with van der Waals surface area (Å²) in [6.45, 7) is 3.88. The predicted molar refractivity (Wildman–Crippen MR) is 92.3 cm³/mol. The first-order valence-corrected chi connectivity index (χ1v) is 7.73. The minimum atomic E-state index is -0.418. The van der Waals surface area contributed by atoms with Gasteiger partial charge in [0.15, 0.2) is 0 Å². The van der Waals surface area contributed by atoms with Crippen LogP contribution in [0.5, 0.6) is 5.75 Å². The van der Waals surface area contributed by atoms with E-state index in [2.05, 4.69) is 5.43 Å². The molecule has 5 nitrogen and oxygen atoms in total. The van der Waals surface area contributed by atoms with Gasteiger partial charge >= 0.3 is 0 Å². The molecule has 0 spiro atoms. The van der Waals surface area contributed by atoms with Gasteiger partial charge in [-0.1, -0.05) is 30.3 Å². The van der Waals surface area contributed by atoms with E-state index in [1.807, 2.05) is 50.2 Å². The van der Waals surface area contributed by atoms with E-state index in [0.29, 0.717) is 11.4 Å².